The highest BCUT2D eigenvalue weighted by molar-refractivity contribution is 5.73. The first-order valence-corrected chi connectivity index (χ1v) is 3.70. The molecule has 1 N–H and O–H groups in total. The number of nitrogens with one attached hydrogen (secondary N) is 1. The predicted molar refractivity (Wildman–Crippen MR) is 44.3 cm³/mol. The van der Waals surface area contributed by atoms with Crippen LogP contribution in [0.4, 0.5) is 0 Å². The molecule has 0 bridgehead atoms. The number of aromatic amines is 1. The smallest absolute Gasteiger partial charge is 0.274 e. The second-order valence-electron chi connectivity index (χ2n) is 2.85. The Morgan fingerprint density at radius 2 is 2.25 bits per heavy atom. The van der Waals surface area contributed by atoms with Crippen molar-refractivity contribution in [3.8, 4) is 0 Å². The molecule has 0 radical (unpaired) electrons. The number of hydrogen-bond donors (Lipinski definition) is 1. The third-order valence-electron chi connectivity index (χ3n) is 1.57. The number of carbonyl (C=O) groups is 1. The van der Waals surface area contributed by atoms with E-state index in [9.17, 15) is 9.59 Å². The largest absolute Gasteiger partial charge is 0.298 e. The summed E-state index contributed by atoms with van der Waals surface area (Å²) in [5.74, 6) is 0.209. The van der Waals surface area contributed by atoms with Gasteiger partial charge >= 0.3 is 0 Å². The Morgan fingerprint density at radius 1 is 1.58 bits per heavy atom. The first-order valence-electron chi connectivity index (χ1n) is 3.70. The topological polar surface area (TPSA) is 62.8 Å². The van der Waals surface area contributed by atoms with Crippen LogP contribution in [0.2, 0.25) is 0 Å². The second-order valence-corrected chi connectivity index (χ2v) is 2.85. The molecule has 0 aliphatic heterocycles. The first kappa shape index (κ1) is 8.64. The minimum absolute atomic E-state index is 0.133. The van der Waals surface area contributed by atoms with E-state index in [4.69, 9.17) is 0 Å². The van der Waals surface area contributed by atoms with Gasteiger partial charge in [0.05, 0.1) is 11.3 Å². The molecular formula is C8H10N2O2. The zero-order valence-electron chi connectivity index (χ0n) is 7.00. The van der Waals surface area contributed by atoms with Gasteiger partial charge < -0.3 is 0 Å². The Labute approximate surface area is 69.6 Å². The van der Waals surface area contributed by atoms with Gasteiger partial charge in [-0.2, -0.15) is 5.10 Å². The van der Waals surface area contributed by atoms with Gasteiger partial charge in [-0.3, -0.25) is 9.59 Å². The summed E-state index contributed by atoms with van der Waals surface area (Å²) in [4.78, 5) is 21.2. The van der Waals surface area contributed by atoms with Crippen LogP contribution in [0.5, 0.6) is 0 Å². The standard InChI is InChI=1S/C8H10N2O2/c1-5(2)7-3-6(4-11)8(12)10-9-7/h3-5H,1-2H3,(H,10,12). The van der Waals surface area contributed by atoms with Crippen molar-refractivity contribution in [3.63, 3.8) is 0 Å². The van der Waals surface area contributed by atoms with Crippen molar-refractivity contribution in [2.75, 3.05) is 0 Å². The maximum absolute atomic E-state index is 10.9. The SMILES string of the molecule is CC(C)c1cc(C=O)c(=O)[nH]n1. The van der Waals surface area contributed by atoms with E-state index in [-0.39, 0.29) is 11.5 Å². The highest BCUT2D eigenvalue weighted by Crippen LogP contribution is 2.08. The summed E-state index contributed by atoms with van der Waals surface area (Å²) in [6.07, 6.45) is 0.534. The molecule has 1 rings (SSSR count). The zero-order valence-corrected chi connectivity index (χ0v) is 7.00. The fourth-order valence-corrected chi connectivity index (χ4v) is 0.820. The molecule has 0 spiro atoms. The minimum atomic E-state index is -0.436. The molecule has 4 nitrogen and oxygen atoms in total. The molecule has 0 saturated carbocycles. The number of nitrogens with zero attached hydrogens (tertiary/aromatic N) is 1. The molecule has 1 aromatic rings. The van der Waals surface area contributed by atoms with E-state index < -0.39 is 5.56 Å². The maximum Gasteiger partial charge on any atom is 0.274 e. The lowest BCUT2D eigenvalue weighted by Crippen LogP contribution is -2.15. The molecule has 64 valence electrons. The quantitative estimate of drug-likeness (QED) is 0.658. The molecule has 0 aromatic carbocycles. The zero-order chi connectivity index (χ0) is 9.14. The van der Waals surface area contributed by atoms with E-state index in [0.29, 0.717) is 6.29 Å². The summed E-state index contributed by atoms with van der Waals surface area (Å²) in [7, 11) is 0. The Kier molecular flexibility index (Phi) is 2.38. The van der Waals surface area contributed by atoms with Gasteiger partial charge in [-0.15, -0.1) is 0 Å². The fraction of sp³-hybridized carbons (Fsp3) is 0.375. The van der Waals surface area contributed by atoms with E-state index in [1.54, 1.807) is 0 Å². The summed E-state index contributed by atoms with van der Waals surface area (Å²) in [6, 6.07) is 1.51. The highest BCUT2D eigenvalue weighted by atomic mass is 16.1. The Hall–Kier alpha value is -1.45. The molecule has 0 aliphatic carbocycles. The number of H-pyrrole nitrogens is 1. The lowest BCUT2D eigenvalue weighted by Gasteiger charge is -2.01. The normalized spacial score (nSPS) is 10.2. The van der Waals surface area contributed by atoms with Crippen molar-refractivity contribution in [1.29, 1.82) is 0 Å². The van der Waals surface area contributed by atoms with Crippen LogP contribution in [0.15, 0.2) is 10.9 Å². The number of aldehydes is 1. The van der Waals surface area contributed by atoms with Crippen LogP contribution in [-0.2, 0) is 0 Å². The van der Waals surface area contributed by atoms with Crippen molar-refractivity contribution >= 4 is 6.29 Å². The first-order chi connectivity index (χ1) is 5.65. The van der Waals surface area contributed by atoms with Crippen LogP contribution in [0.1, 0.15) is 35.8 Å². The van der Waals surface area contributed by atoms with Gasteiger partial charge in [0.1, 0.15) is 0 Å². The molecule has 1 heterocycles. The van der Waals surface area contributed by atoms with Crippen molar-refractivity contribution in [2.45, 2.75) is 19.8 Å². The molecule has 0 saturated heterocycles. The molecular weight excluding hydrogens is 156 g/mol. The summed E-state index contributed by atoms with van der Waals surface area (Å²) in [5, 5.41) is 6.05. The predicted octanol–water partition coefficient (Wildman–Crippen LogP) is 0.706. The van der Waals surface area contributed by atoms with E-state index in [2.05, 4.69) is 10.2 Å². The van der Waals surface area contributed by atoms with Gasteiger partial charge in [0.2, 0.25) is 0 Å². The van der Waals surface area contributed by atoms with Gasteiger partial charge in [0.15, 0.2) is 6.29 Å². The maximum atomic E-state index is 10.9. The van der Waals surface area contributed by atoms with E-state index in [0.717, 1.165) is 5.69 Å². The van der Waals surface area contributed by atoms with Crippen molar-refractivity contribution in [2.24, 2.45) is 0 Å². The van der Waals surface area contributed by atoms with Crippen molar-refractivity contribution in [3.05, 3.63) is 27.7 Å². The van der Waals surface area contributed by atoms with E-state index in [1.165, 1.54) is 6.07 Å². The van der Waals surface area contributed by atoms with Gasteiger partial charge in [0.25, 0.3) is 5.56 Å². The van der Waals surface area contributed by atoms with Crippen LogP contribution in [0.25, 0.3) is 0 Å². The van der Waals surface area contributed by atoms with Gasteiger partial charge in [-0.05, 0) is 12.0 Å². The van der Waals surface area contributed by atoms with Crippen molar-refractivity contribution < 1.29 is 4.79 Å². The number of hydrogen-bond acceptors (Lipinski definition) is 3. The molecule has 1 aromatic heterocycles. The molecule has 0 unspecified atom stereocenters. The third kappa shape index (κ3) is 1.58. The average molecular weight is 166 g/mol. The van der Waals surface area contributed by atoms with Crippen LogP contribution >= 0.6 is 0 Å². The van der Waals surface area contributed by atoms with Crippen LogP contribution < -0.4 is 5.56 Å². The summed E-state index contributed by atoms with van der Waals surface area (Å²) < 4.78 is 0. The summed E-state index contributed by atoms with van der Waals surface area (Å²) in [6.45, 7) is 3.88. The monoisotopic (exact) mass is 166 g/mol. The number of aromatic nitrogens is 2. The van der Waals surface area contributed by atoms with Crippen LogP contribution in [-0.4, -0.2) is 16.5 Å². The Morgan fingerprint density at radius 3 is 2.75 bits per heavy atom. The molecule has 12 heavy (non-hydrogen) atoms. The minimum Gasteiger partial charge on any atom is -0.298 e. The lowest BCUT2D eigenvalue weighted by atomic mass is 10.1. The number of rotatable bonds is 2. The fourth-order valence-electron chi connectivity index (χ4n) is 0.820. The van der Waals surface area contributed by atoms with Crippen LogP contribution in [0.3, 0.4) is 0 Å². The third-order valence-corrected chi connectivity index (χ3v) is 1.57. The molecule has 0 atom stereocenters. The molecule has 0 aliphatic rings. The van der Waals surface area contributed by atoms with Gasteiger partial charge in [-0.1, -0.05) is 13.8 Å². The second kappa shape index (κ2) is 3.30. The summed E-state index contributed by atoms with van der Waals surface area (Å²) in [5.41, 5.74) is 0.416. The Bertz CT molecular complexity index is 341. The van der Waals surface area contributed by atoms with Crippen molar-refractivity contribution in [1.82, 2.24) is 10.2 Å². The lowest BCUT2D eigenvalue weighted by molar-refractivity contribution is 0.112. The van der Waals surface area contributed by atoms with Gasteiger partial charge in [-0.25, -0.2) is 5.10 Å². The summed E-state index contributed by atoms with van der Waals surface area (Å²) >= 11 is 0. The van der Waals surface area contributed by atoms with Crippen LogP contribution in [0, 0.1) is 0 Å². The average Bonchev–Trinajstić information content (AvgIpc) is 2.05. The van der Waals surface area contributed by atoms with E-state index >= 15 is 0 Å². The number of carbonyl (C=O) groups excluding carboxylic acids is 1. The molecule has 0 amide bonds. The van der Waals surface area contributed by atoms with E-state index in [1.807, 2.05) is 13.8 Å². The highest BCUT2D eigenvalue weighted by Gasteiger charge is 2.04. The van der Waals surface area contributed by atoms with Gasteiger partial charge in [0, 0.05) is 0 Å². The molecule has 4 heteroatoms. The Balaban J connectivity index is 3.23. The molecule has 0 fully saturated rings.